The van der Waals surface area contributed by atoms with Gasteiger partial charge in [-0.1, -0.05) is 176 Å². The monoisotopic (exact) mass is 779 g/mol. The summed E-state index contributed by atoms with van der Waals surface area (Å²) in [5.41, 5.74) is 11.5. The van der Waals surface area contributed by atoms with Crippen molar-refractivity contribution < 1.29 is 4.42 Å². The number of fused-ring (bicyclic) bond motifs is 6. The summed E-state index contributed by atoms with van der Waals surface area (Å²) >= 11 is 0. The van der Waals surface area contributed by atoms with Gasteiger partial charge in [-0.15, -0.1) is 0 Å². The Labute approximate surface area is 352 Å². The number of nitrogens with one attached hydrogen (secondary N) is 1. The molecule has 0 aliphatic carbocycles. The second-order valence-corrected chi connectivity index (χ2v) is 15.8. The van der Waals surface area contributed by atoms with E-state index < -0.39 is 6.17 Å². The molecule has 12 rings (SSSR count). The van der Waals surface area contributed by atoms with Crippen molar-refractivity contribution in [2.24, 2.45) is 9.98 Å². The first-order chi connectivity index (χ1) is 30.2. The fourth-order valence-corrected chi connectivity index (χ4v) is 8.93. The van der Waals surface area contributed by atoms with Gasteiger partial charge >= 0.3 is 0 Å². The second kappa shape index (κ2) is 14.3. The van der Waals surface area contributed by atoms with E-state index in [1.54, 1.807) is 0 Å². The van der Waals surface area contributed by atoms with Gasteiger partial charge in [-0.2, -0.15) is 0 Å². The van der Waals surface area contributed by atoms with E-state index in [-0.39, 0.29) is 0 Å². The van der Waals surface area contributed by atoms with E-state index >= 15 is 0 Å². The number of aliphatic imine (C=N–C) groups is 2. The Morgan fingerprint density at radius 1 is 0.361 bits per heavy atom. The molecule has 10 aromatic carbocycles. The van der Waals surface area contributed by atoms with Crippen LogP contribution in [0.15, 0.2) is 227 Å². The molecule has 61 heavy (non-hydrogen) atoms. The van der Waals surface area contributed by atoms with Crippen LogP contribution in [0.3, 0.4) is 0 Å². The molecule has 1 aliphatic rings. The van der Waals surface area contributed by atoms with E-state index in [1.165, 1.54) is 38.1 Å². The van der Waals surface area contributed by atoms with Crippen LogP contribution in [0.1, 0.15) is 22.9 Å². The van der Waals surface area contributed by atoms with Gasteiger partial charge in [-0.3, -0.25) is 0 Å². The molecular formula is C57H37N3O. The molecule has 4 heteroatoms. The highest BCUT2D eigenvalue weighted by Gasteiger charge is 2.23. The van der Waals surface area contributed by atoms with Gasteiger partial charge in [0.1, 0.15) is 22.8 Å². The first-order valence-corrected chi connectivity index (χ1v) is 20.7. The Morgan fingerprint density at radius 2 is 0.885 bits per heavy atom. The molecule has 1 aromatic heterocycles. The molecule has 0 saturated carbocycles. The van der Waals surface area contributed by atoms with E-state index in [0.717, 1.165) is 77.9 Å². The highest BCUT2D eigenvalue weighted by molar-refractivity contribution is 6.19. The Balaban J connectivity index is 0.983. The number of nitrogens with zero attached hydrogens (tertiary/aromatic N) is 2. The van der Waals surface area contributed by atoms with Crippen molar-refractivity contribution in [2.45, 2.75) is 6.17 Å². The summed E-state index contributed by atoms with van der Waals surface area (Å²) in [7, 11) is 0. The quantitative estimate of drug-likeness (QED) is 0.183. The molecule has 0 fully saturated rings. The van der Waals surface area contributed by atoms with Gasteiger partial charge in [-0.05, 0) is 102 Å². The van der Waals surface area contributed by atoms with Crippen molar-refractivity contribution >= 4 is 65.9 Å². The van der Waals surface area contributed by atoms with Crippen LogP contribution in [0.4, 0.5) is 0 Å². The minimum Gasteiger partial charge on any atom is -0.455 e. The van der Waals surface area contributed by atoms with E-state index in [1.807, 2.05) is 0 Å². The number of rotatable bonds is 6. The maximum atomic E-state index is 6.89. The van der Waals surface area contributed by atoms with E-state index in [2.05, 4.69) is 218 Å². The third-order valence-electron chi connectivity index (χ3n) is 12.1. The second-order valence-electron chi connectivity index (χ2n) is 15.8. The molecular weight excluding hydrogens is 743 g/mol. The first-order valence-electron chi connectivity index (χ1n) is 20.7. The summed E-state index contributed by atoms with van der Waals surface area (Å²) in [6.45, 7) is 0. The maximum Gasteiger partial charge on any atom is 0.169 e. The average molecular weight is 780 g/mol. The molecule has 2 heterocycles. The summed E-state index contributed by atoms with van der Waals surface area (Å²) < 4.78 is 6.89. The van der Waals surface area contributed by atoms with Crippen LogP contribution in [-0.4, -0.2) is 11.7 Å². The zero-order chi connectivity index (χ0) is 40.3. The van der Waals surface area contributed by atoms with Gasteiger partial charge in [0.05, 0.1) is 0 Å². The van der Waals surface area contributed by atoms with Gasteiger partial charge in [0.25, 0.3) is 0 Å². The number of hydrogen-bond donors (Lipinski definition) is 1. The van der Waals surface area contributed by atoms with Crippen molar-refractivity contribution in [1.82, 2.24) is 5.32 Å². The van der Waals surface area contributed by atoms with Gasteiger partial charge in [0.2, 0.25) is 0 Å². The van der Waals surface area contributed by atoms with Crippen LogP contribution in [-0.2, 0) is 0 Å². The van der Waals surface area contributed by atoms with E-state index in [4.69, 9.17) is 14.4 Å². The lowest BCUT2D eigenvalue weighted by atomic mass is 9.92. The SMILES string of the molecule is c1ccc(-c2cccc(-c3ccc(-c4ccc(C5N=C(c6ccc7ccccc7c6)NC(c6ccc7ccccc7c6)=N5)cc4)c4c3oc3cc5ccccc5cc34)c2)cc1. The van der Waals surface area contributed by atoms with E-state index in [0.29, 0.717) is 0 Å². The standard InChI is InChI=1S/C57H37N3O/c1-2-11-36(12-3-1)43-19-10-20-46(31-43)50-30-29-49(53-51-34-44-17-8-9-18-45(44)35-52(51)61-54(50)53)39-23-25-40(26-24-39)55-58-56(47-27-21-37-13-4-6-15-41(37)32-47)60-57(59-55)48-28-22-38-14-5-7-16-42(38)33-48/h1-35,55H,(H,58,59,60). The van der Waals surface area contributed by atoms with Crippen LogP contribution >= 0.6 is 0 Å². The normalized spacial score (nSPS) is 13.2. The molecule has 0 atom stereocenters. The lowest BCUT2D eigenvalue weighted by molar-refractivity contribution is 0.670. The predicted molar refractivity (Wildman–Crippen MR) is 254 cm³/mol. The van der Waals surface area contributed by atoms with Gasteiger partial charge in [0, 0.05) is 27.5 Å². The molecule has 286 valence electrons. The fourth-order valence-electron chi connectivity index (χ4n) is 8.93. The third kappa shape index (κ3) is 6.25. The molecule has 4 nitrogen and oxygen atoms in total. The molecule has 0 amide bonds. The summed E-state index contributed by atoms with van der Waals surface area (Å²) in [5, 5.41) is 12.9. The Bertz CT molecular complexity index is 3470. The molecule has 0 bridgehead atoms. The van der Waals surface area contributed by atoms with Crippen LogP contribution in [0.5, 0.6) is 0 Å². The number of amidine groups is 2. The van der Waals surface area contributed by atoms with Gasteiger partial charge < -0.3 is 9.73 Å². The number of furan rings is 1. The lowest BCUT2D eigenvalue weighted by Crippen LogP contribution is -2.36. The Morgan fingerprint density at radius 3 is 1.54 bits per heavy atom. The van der Waals surface area contributed by atoms with Crippen molar-refractivity contribution in [3.05, 3.63) is 229 Å². The lowest BCUT2D eigenvalue weighted by Gasteiger charge is -2.23. The topological polar surface area (TPSA) is 49.9 Å². The summed E-state index contributed by atoms with van der Waals surface area (Å²) in [5.74, 6) is 1.59. The van der Waals surface area contributed by atoms with Crippen LogP contribution in [0.2, 0.25) is 0 Å². The minimum absolute atomic E-state index is 0.446. The Kier molecular flexibility index (Phi) is 8.20. The number of benzene rings is 10. The maximum absolute atomic E-state index is 6.89. The zero-order valence-electron chi connectivity index (χ0n) is 33.1. The first kappa shape index (κ1) is 34.9. The van der Waals surface area contributed by atoms with Gasteiger partial charge in [0.15, 0.2) is 6.17 Å². The summed E-state index contributed by atoms with van der Waals surface area (Å²) in [6.07, 6.45) is -0.446. The highest BCUT2D eigenvalue weighted by atomic mass is 16.3. The van der Waals surface area contributed by atoms with Gasteiger partial charge in [-0.25, -0.2) is 9.98 Å². The van der Waals surface area contributed by atoms with Crippen LogP contribution in [0, 0.1) is 0 Å². The smallest absolute Gasteiger partial charge is 0.169 e. The average Bonchev–Trinajstić information content (AvgIpc) is 3.71. The molecule has 1 aliphatic heterocycles. The summed E-state index contributed by atoms with van der Waals surface area (Å²) in [6, 6.07) is 75.4. The minimum atomic E-state index is -0.446. The molecule has 11 aromatic rings. The molecule has 0 unspecified atom stereocenters. The van der Waals surface area contributed by atoms with Crippen molar-refractivity contribution in [1.29, 1.82) is 0 Å². The van der Waals surface area contributed by atoms with Crippen molar-refractivity contribution in [2.75, 3.05) is 0 Å². The number of hydrogen-bond acceptors (Lipinski definition) is 4. The molecule has 0 saturated heterocycles. The fraction of sp³-hybridized carbons (Fsp3) is 0.0175. The largest absolute Gasteiger partial charge is 0.455 e. The van der Waals surface area contributed by atoms with Crippen molar-refractivity contribution in [3.63, 3.8) is 0 Å². The summed E-state index contributed by atoms with van der Waals surface area (Å²) in [4.78, 5) is 10.5. The van der Waals surface area contributed by atoms with E-state index in [9.17, 15) is 0 Å². The van der Waals surface area contributed by atoms with Crippen LogP contribution in [0.25, 0.3) is 87.6 Å². The molecule has 0 radical (unpaired) electrons. The Hall–Kier alpha value is -8.08. The highest BCUT2D eigenvalue weighted by Crippen LogP contribution is 2.44. The van der Waals surface area contributed by atoms with Crippen LogP contribution < -0.4 is 5.32 Å². The molecule has 1 N–H and O–H groups in total. The molecule has 0 spiro atoms. The van der Waals surface area contributed by atoms with Crippen molar-refractivity contribution in [3.8, 4) is 33.4 Å². The predicted octanol–water partition coefficient (Wildman–Crippen LogP) is 14.5. The third-order valence-corrected chi connectivity index (χ3v) is 12.1. The zero-order valence-corrected chi connectivity index (χ0v) is 33.1.